The molecular weight excluding hydrogens is 352 g/mol. The van der Waals surface area contributed by atoms with Gasteiger partial charge in [-0.3, -0.25) is 9.67 Å². The van der Waals surface area contributed by atoms with Crippen LogP contribution in [0.5, 0.6) is 0 Å². The number of fused-ring (bicyclic) bond motifs is 1. The molecule has 0 atom stereocenters. The predicted molar refractivity (Wildman–Crippen MR) is 108 cm³/mol. The van der Waals surface area contributed by atoms with Gasteiger partial charge in [0.2, 0.25) is 0 Å². The van der Waals surface area contributed by atoms with Gasteiger partial charge in [0.15, 0.2) is 5.82 Å². The molecule has 5 heterocycles. The van der Waals surface area contributed by atoms with Crippen LogP contribution in [-0.2, 0) is 0 Å². The number of nitrogen functional groups attached to an aromatic ring is 1. The van der Waals surface area contributed by atoms with Gasteiger partial charge in [0, 0.05) is 29.7 Å². The zero-order valence-corrected chi connectivity index (χ0v) is 15.7. The van der Waals surface area contributed by atoms with Crippen LogP contribution in [0.15, 0.2) is 49.2 Å². The first-order chi connectivity index (χ1) is 13.7. The number of hydrogen-bond donors (Lipinski definition) is 1. The number of hydrogen-bond acceptors (Lipinski definition) is 6. The summed E-state index contributed by atoms with van der Waals surface area (Å²) in [5.74, 6) is 0.455. The van der Waals surface area contributed by atoms with Gasteiger partial charge < -0.3 is 10.6 Å². The Kier molecular flexibility index (Phi) is 4.05. The summed E-state index contributed by atoms with van der Waals surface area (Å²) in [7, 11) is 2.17. The number of anilines is 1. The van der Waals surface area contributed by atoms with Gasteiger partial charge in [0.1, 0.15) is 11.8 Å². The summed E-state index contributed by atoms with van der Waals surface area (Å²) in [5.41, 5.74) is 11.0. The van der Waals surface area contributed by atoms with Crippen molar-refractivity contribution < 1.29 is 0 Å². The molecule has 5 rings (SSSR count). The molecule has 0 radical (unpaired) electrons. The van der Waals surface area contributed by atoms with E-state index in [0.717, 1.165) is 54.0 Å². The molecule has 0 amide bonds. The van der Waals surface area contributed by atoms with Crippen LogP contribution in [-0.4, -0.2) is 54.4 Å². The van der Waals surface area contributed by atoms with Crippen molar-refractivity contribution in [3.63, 3.8) is 0 Å². The van der Waals surface area contributed by atoms with Crippen molar-refractivity contribution in [2.75, 3.05) is 25.9 Å². The first kappa shape index (κ1) is 16.9. The normalized spacial score (nSPS) is 16.0. The number of pyridine rings is 1. The molecule has 1 fully saturated rings. The summed E-state index contributed by atoms with van der Waals surface area (Å²) in [6, 6.07) is 8.48. The Balaban J connectivity index is 1.68. The molecule has 0 aliphatic carbocycles. The second kappa shape index (κ2) is 6.72. The minimum absolute atomic E-state index is 0.379. The SMILES string of the molecule is CN1CCC(n2nccc2-c2cc(-c3cccnc3)n3ncnc(N)c23)CC1. The van der Waals surface area contributed by atoms with Crippen LogP contribution in [0.2, 0.25) is 0 Å². The number of aromatic nitrogens is 6. The van der Waals surface area contributed by atoms with E-state index in [1.54, 1.807) is 6.20 Å². The highest BCUT2D eigenvalue weighted by atomic mass is 15.3. The minimum Gasteiger partial charge on any atom is -0.382 e. The number of nitrogens with two attached hydrogens (primary N) is 1. The average molecular weight is 374 g/mol. The fourth-order valence-corrected chi connectivity index (χ4v) is 4.04. The highest BCUT2D eigenvalue weighted by Crippen LogP contribution is 2.36. The van der Waals surface area contributed by atoms with Crippen molar-refractivity contribution in [3.8, 4) is 22.5 Å². The molecule has 28 heavy (non-hydrogen) atoms. The molecule has 2 N–H and O–H groups in total. The van der Waals surface area contributed by atoms with E-state index in [4.69, 9.17) is 5.73 Å². The lowest BCUT2D eigenvalue weighted by Gasteiger charge is -2.30. The summed E-state index contributed by atoms with van der Waals surface area (Å²) < 4.78 is 3.99. The molecule has 1 saturated heterocycles. The second-order valence-corrected chi connectivity index (χ2v) is 7.29. The lowest BCUT2D eigenvalue weighted by Crippen LogP contribution is -2.32. The summed E-state index contributed by atoms with van der Waals surface area (Å²) >= 11 is 0. The third kappa shape index (κ3) is 2.73. The van der Waals surface area contributed by atoms with E-state index < -0.39 is 0 Å². The molecule has 142 valence electrons. The zero-order chi connectivity index (χ0) is 19.1. The number of likely N-dealkylation sites (tertiary alicyclic amines) is 1. The van der Waals surface area contributed by atoms with Gasteiger partial charge in [-0.05, 0) is 57.2 Å². The van der Waals surface area contributed by atoms with Crippen molar-refractivity contribution in [2.24, 2.45) is 0 Å². The van der Waals surface area contributed by atoms with Crippen LogP contribution >= 0.6 is 0 Å². The molecule has 0 bridgehead atoms. The third-order valence-electron chi connectivity index (χ3n) is 5.52. The summed E-state index contributed by atoms with van der Waals surface area (Å²) in [6.07, 6.45) is 9.11. The maximum atomic E-state index is 6.28. The van der Waals surface area contributed by atoms with Crippen molar-refractivity contribution in [1.29, 1.82) is 0 Å². The van der Waals surface area contributed by atoms with Gasteiger partial charge in [-0.2, -0.15) is 10.2 Å². The fraction of sp³-hybridized carbons (Fsp3) is 0.300. The maximum Gasteiger partial charge on any atom is 0.152 e. The Morgan fingerprint density at radius 3 is 2.71 bits per heavy atom. The fourth-order valence-electron chi connectivity index (χ4n) is 4.04. The molecule has 0 saturated carbocycles. The van der Waals surface area contributed by atoms with Gasteiger partial charge >= 0.3 is 0 Å². The monoisotopic (exact) mass is 374 g/mol. The molecule has 1 aliphatic heterocycles. The van der Waals surface area contributed by atoms with Crippen molar-refractivity contribution in [2.45, 2.75) is 18.9 Å². The Morgan fingerprint density at radius 1 is 1.07 bits per heavy atom. The van der Waals surface area contributed by atoms with E-state index in [-0.39, 0.29) is 0 Å². The lowest BCUT2D eigenvalue weighted by molar-refractivity contribution is 0.213. The van der Waals surface area contributed by atoms with E-state index in [1.807, 2.05) is 35.1 Å². The van der Waals surface area contributed by atoms with Gasteiger partial charge in [-0.1, -0.05) is 0 Å². The van der Waals surface area contributed by atoms with Crippen LogP contribution in [0.1, 0.15) is 18.9 Å². The highest BCUT2D eigenvalue weighted by molar-refractivity contribution is 5.90. The first-order valence-corrected chi connectivity index (χ1v) is 9.47. The summed E-state index contributed by atoms with van der Waals surface area (Å²) in [4.78, 5) is 10.8. The topological polar surface area (TPSA) is 90.2 Å². The van der Waals surface area contributed by atoms with E-state index in [2.05, 4.69) is 42.9 Å². The molecule has 4 aromatic heterocycles. The molecule has 4 aromatic rings. The van der Waals surface area contributed by atoms with E-state index in [9.17, 15) is 0 Å². The maximum absolute atomic E-state index is 6.28. The second-order valence-electron chi connectivity index (χ2n) is 7.29. The smallest absolute Gasteiger partial charge is 0.152 e. The number of rotatable bonds is 3. The molecule has 1 aliphatic rings. The van der Waals surface area contributed by atoms with Crippen LogP contribution in [0.4, 0.5) is 5.82 Å². The van der Waals surface area contributed by atoms with Crippen molar-refractivity contribution >= 4 is 11.3 Å². The molecule has 0 unspecified atom stereocenters. The largest absolute Gasteiger partial charge is 0.382 e. The van der Waals surface area contributed by atoms with Crippen LogP contribution < -0.4 is 5.73 Å². The number of piperidine rings is 1. The Labute approximate surface area is 162 Å². The van der Waals surface area contributed by atoms with Gasteiger partial charge in [0.25, 0.3) is 0 Å². The number of nitrogens with zero attached hydrogens (tertiary/aromatic N) is 7. The molecule has 8 heteroatoms. The van der Waals surface area contributed by atoms with Gasteiger partial charge in [-0.15, -0.1) is 0 Å². The van der Waals surface area contributed by atoms with E-state index in [1.165, 1.54) is 6.33 Å². The summed E-state index contributed by atoms with van der Waals surface area (Å²) in [5, 5.41) is 9.12. The minimum atomic E-state index is 0.379. The lowest BCUT2D eigenvalue weighted by atomic mass is 10.0. The summed E-state index contributed by atoms with van der Waals surface area (Å²) in [6.45, 7) is 2.15. The highest BCUT2D eigenvalue weighted by Gasteiger charge is 2.24. The van der Waals surface area contributed by atoms with Gasteiger partial charge in [0.05, 0.1) is 17.4 Å². The van der Waals surface area contributed by atoms with Crippen LogP contribution in [0.25, 0.3) is 28.0 Å². The standard InChI is InChI=1S/C20H22N8/c1-26-9-5-15(6-10-26)27-17(4-8-24-27)16-11-18(14-3-2-7-22-12-14)28-19(16)20(21)23-13-25-28/h2-4,7-8,11-13,15H,5-6,9-10H2,1H3,(H2,21,23,25). The Bertz CT molecular complexity index is 1110. The van der Waals surface area contributed by atoms with Crippen LogP contribution in [0.3, 0.4) is 0 Å². The Hall–Kier alpha value is -3.26. The zero-order valence-electron chi connectivity index (χ0n) is 15.7. The van der Waals surface area contributed by atoms with Crippen molar-refractivity contribution in [3.05, 3.63) is 49.2 Å². The average Bonchev–Trinajstić information content (AvgIpc) is 3.35. The predicted octanol–water partition coefficient (Wildman–Crippen LogP) is 2.50. The molecule has 0 aromatic carbocycles. The van der Waals surface area contributed by atoms with E-state index in [0.29, 0.717) is 11.9 Å². The molecule has 8 nitrogen and oxygen atoms in total. The van der Waals surface area contributed by atoms with Gasteiger partial charge in [-0.25, -0.2) is 9.50 Å². The molecular formula is C20H22N8. The van der Waals surface area contributed by atoms with E-state index >= 15 is 0 Å². The van der Waals surface area contributed by atoms with Crippen LogP contribution in [0, 0.1) is 0 Å². The van der Waals surface area contributed by atoms with Crippen molar-refractivity contribution in [1.82, 2.24) is 34.3 Å². The molecule has 0 spiro atoms. The first-order valence-electron chi connectivity index (χ1n) is 9.47. The Morgan fingerprint density at radius 2 is 1.93 bits per heavy atom. The quantitative estimate of drug-likeness (QED) is 0.593. The third-order valence-corrected chi connectivity index (χ3v) is 5.52.